The third kappa shape index (κ3) is 6.23. The molecule has 1 fully saturated rings. The highest BCUT2D eigenvalue weighted by Gasteiger charge is 2.29. The van der Waals surface area contributed by atoms with Crippen molar-refractivity contribution in [2.75, 3.05) is 26.4 Å². The number of nitrogens with one attached hydrogen (secondary N) is 2. The molecule has 0 aromatic heterocycles. The molecule has 1 atom stereocenters. The maximum Gasteiger partial charge on any atom is 0.191 e. The molecule has 4 nitrogen and oxygen atoms in total. The molecule has 0 radical (unpaired) electrons. The molecule has 1 heterocycles. The Morgan fingerprint density at radius 2 is 2.00 bits per heavy atom. The van der Waals surface area contributed by atoms with E-state index in [1.54, 1.807) is 0 Å². The van der Waals surface area contributed by atoms with Crippen molar-refractivity contribution in [2.45, 2.75) is 57.5 Å². The van der Waals surface area contributed by atoms with Gasteiger partial charge in [0, 0.05) is 37.5 Å². The van der Waals surface area contributed by atoms with Crippen LogP contribution in [0.2, 0.25) is 0 Å². The molecule has 1 aromatic carbocycles. The lowest BCUT2D eigenvalue weighted by atomic mass is 10.1. The summed E-state index contributed by atoms with van der Waals surface area (Å²) in [5, 5.41) is 6.99. The number of aliphatic imine (C=N–C) groups is 1. The van der Waals surface area contributed by atoms with Crippen LogP contribution in [0.25, 0.3) is 0 Å². The molecular formula is C20H34N4S. The summed E-state index contributed by atoms with van der Waals surface area (Å²) in [6, 6.07) is 9.21. The van der Waals surface area contributed by atoms with Gasteiger partial charge in [-0.2, -0.15) is 11.8 Å². The van der Waals surface area contributed by atoms with E-state index in [1.807, 2.05) is 7.05 Å². The molecule has 25 heavy (non-hydrogen) atoms. The summed E-state index contributed by atoms with van der Waals surface area (Å²) in [6.45, 7) is 9.54. The molecule has 0 aliphatic carbocycles. The first-order chi connectivity index (χ1) is 11.9. The van der Waals surface area contributed by atoms with Gasteiger partial charge in [0.2, 0.25) is 0 Å². The topological polar surface area (TPSA) is 39.7 Å². The van der Waals surface area contributed by atoms with Gasteiger partial charge in [-0.1, -0.05) is 24.3 Å². The highest BCUT2D eigenvalue weighted by molar-refractivity contribution is 8.00. The minimum Gasteiger partial charge on any atom is -0.355 e. The average molecular weight is 363 g/mol. The zero-order chi connectivity index (χ0) is 18.3. The van der Waals surface area contributed by atoms with E-state index >= 15 is 0 Å². The Labute approximate surface area is 157 Å². The summed E-state index contributed by atoms with van der Waals surface area (Å²) in [7, 11) is 4.02. The summed E-state index contributed by atoms with van der Waals surface area (Å²) in [6.07, 6.45) is 2.61. The Morgan fingerprint density at radius 3 is 2.60 bits per heavy atom. The standard InChI is InChI=1S/C20H34N4S/c1-16(2)24(5)14-18-10-7-6-9-17(18)13-22-19(21-4)23-15-20(3)11-8-12-25-20/h6-7,9-10,16H,8,11-15H2,1-5H3,(H2,21,22,23). The van der Waals surface area contributed by atoms with Gasteiger partial charge in [-0.05, 0) is 57.5 Å². The molecule has 0 saturated carbocycles. The lowest BCUT2D eigenvalue weighted by Gasteiger charge is -2.25. The van der Waals surface area contributed by atoms with Crippen LogP contribution in [0, 0.1) is 0 Å². The highest BCUT2D eigenvalue weighted by atomic mass is 32.2. The Bertz CT molecular complexity index is 565. The normalized spacial score (nSPS) is 21.2. The lowest BCUT2D eigenvalue weighted by molar-refractivity contribution is 0.265. The molecule has 0 amide bonds. The van der Waals surface area contributed by atoms with Crippen LogP contribution in [0.4, 0.5) is 0 Å². The van der Waals surface area contributed by atoms with E-state index < -0.39 is 0 Å². The molecular weight excluding hydrogens is 328 g/mol. The summed E-state index contributed by atoms with van der Waals surface area (Å²) in [4.78, 5) is 6.75. The van der Waals surface area contributed by atoms with E-state index in [-0.39, 0.29) is 0 Å². The zero-order valence-corrected chi connectivity index (χ0v) is 17.2. The van der Waals surface area contributed by atoms with Crippen LogP contribution in [0.15, 0.2) is 29.3 Å². The van der Waals surface area contributed by atoms with Crippen molar-refractivity contribution >= 4 is 17.7 Å². The second-order valence-electron chi connectivity index (χ2n) is 7.46. The summed E-state index contributed by atoms with van der Waals surface area (Å²) >= 11 is 2.07. The van der Waals surface area contributed by atoms with Gasteiger partial charge < -0.3 is 10.6 Å². The number of guanidine groups is 1. The first kappa shape index (κ1) is 20.1. The number of thioether (sulfide) groups is 1. The maximum absolute atomic E-state index is 4.39. The molecule has 1 saturated heterocycles. The smallest absolute Gasteiger partial charge is 0.191 e. The lowest BCUT2D eigenvalue weighted by Crippen LogP contribution is -2.43. The summed E-state index contributed by atoms with van der Waals surface area (Å²) in [5.74, 6) is 2.17. The van der Waals surface area contributed by atoms with Crippen LogP contribution in [0.3, 0.4) is 0 Å². The zero-order valence-electron chi connectivity index (χ0n) is 16.4. The largest absolute Gasteiger partial charge is 0.355 e. The van der Waals surface area contributed by atoms with Crippen LogP contribution < -0.4 is 10.6 Å². The minimum absolute atomic E-state index is 0.343. The van der Waals surface area contributed by atoms with Gasteiger partial charge in [0.25, 0.3) is 0 Å². The van der Waals surface area contributed by atoms with Gasteiger partial charge in [0.05, 0.1) is 0 Å². The van der Waals surface area contributed by atoms with E-state index in [0.29, 0.717) is 10.8 Å². The Balaban J connectivity index is 1.90. The fraction of sp³-hybridized carbons (Fsp3) is 0.650. The first-order valence-electron chi connectivity index (χ1n) is 9.29. The van der Waals surface area contributed by atoms with Crippen molar-refractivity contribution in [3.05, 3.63) is 35.4 Å². The molecule has 1 aliphatic rings. The molecule has 1 unspecified atom stereocenters. The number of hydrogen-bond donors (Lipinski definition) is 2. The highest BCUT2D eigenvalue weighted by Crippen LogP contribution is 2.36. The molecule has 0 spiro atoms. The SMILES string of the molecule is CN=C(NCc1ccccc1CN(C)C(C)C)NCC1(C)CCCS1. The van der Waals surface area contributed by atoms with Crippen molar-refractivity contribution in [2.24, 2.45) is 4.99 Å². The third-order valence-electron chi connectivity index (χ3n) is 5.02. The molecule has 2 rings (SSSR count). The first-order valence-corrected chi connectivity index (χ1v) is 10.3. The van der Waals surface area contributed by atoms with E-state index in [2.05, 4.69) is 84.4 Å². The van der Waals surface area contributed by atoms with Crippen molar-refractivity contribution < 1.29 is 0 Å². The van der Waals surface area contributed by atoms with Gasteiger partial charge in [0.15, 0.2) is 5.96 Å². The average Bonchev–Trinajstić information content (AvgIpc) is 3.03. The summed E-state index contributed by atoms with van der Waals surface area (Å²) < 4.78 is 0.343. The van der Waals surface area contributed by atoms with Crippen LogP contribution in [0.5, 0.6) is 0 Å². The van der Waals surface area contributed by atoms with Gasteiger partial charge in [-0.25, -0.2) is 0 Å². The molecule has 0 bridgehead atoms. The monoisotopic (exact) mass is 362 g/mol. The summed E-state index contributed by atoms with van der Waals surface area (Å²) in [5.41, 5.74) is 2.71. The van der Waals surface area contributed by atoms with E-state index in [0.717, 1.165) is 25.6 Å². The molecule has 140 valence electrons. The third-order valence-corrected chi connectivity index (χ3v) is 6.56. The van der Waals surface area contributed by atoms with Crippen LogP contribution in [0.1, 0.15) is 44.7 Å². The van der Waals surface area contributed by atoms with E-state index in [9.17, 15) is 0 Å². The molecule has 2 N–H and O–H groups in total. The van der Waals surface area contributed by atoms with Crippen LogP contribution in [-0.4, -0.2) is 48.0 Å². The van der Waals surface area contributed by atoms with Gasteiger partial charge in [-0.15, -0.1) is 0 Å². The fourth-order valence-corrected chi connectivity index (χ4v) is 4.23. The number of rotatable bonds is 7. The van der Waals surface area contributed by atoms with Crippen molar-refractivity contribution in [1.82, 2.24) is 15.5 Å². The molecule has 5 heteroatoms. The maximum atomic E-state index is 4.39. The van der Waals surface area contributed by atoms with Crippen LogP contribution >= 0.6 is 11.8 Å². The second kappa shape index (κ2) is 9.48. The molecule has 1 aliphatic heterocycles. The van der Waals surface area contributed by atoms with Crippen molar-refractivity contribution in [3.63, 3.8) is 0 Å². The predicted octanol–water partition coefficient (Wildman–Crippen LogP) is 3.48. The predicted molar refractivity (Wildman–Crippen MR) is 111 cm³/mol. The van der Waals surface area contributed by atoms with Gasteiger partial charge in [-0.3, -0.25) is 9.89 Å². The Morgan fingerprint density at radius 1 is 1.28 bits per heavy atom. The molecule has 1 aromatic rings. The Hall–Kier alpha value is -1.20. The Kier molecular flexibility index (Phi) is 7.63. The fourth-order valence-electron chi connectivity index (χ4n) is 2.98. The second-order valence-corrected chi connectivity index (χ2v) is 9.14. The van der Waals surface area contributed by atoms with E-state index in [4.69, 9.17) is 0 Å². The van der Waals surface area contributed by atoms with Gasteiger partial charge in [0.1, 0.15) is 0 Å². The van der Waals surface area contributed by atoms with E-state index in [1.165, 1.54) is 29.7 Å². The van der Waals surface area contributed by atoms with Crippen molar-refractivity contribution in [1.29, 1.82) is 0 Å². The number of benzene rings is 1. The number of nitrogens with zero attached hydrogens (tertiary/aromatic N) is 2. The van der Waals surface area contributed by atoms with Crippen molar-refractivity contribution in [3.8, 4) is 0 Å². The minimum atomic E-state index is 0.343. The number of hydrogen-bond acceptors (Lipinski definition) is 3. The quantitative estimate of drug-likeness (QED) is 0.575. The van der Waals surface area contributed by atoms with Gasteiger partial charge >= 0.3 is 0 Å². The van der Waals surface area contributed by atoms with Crippen LogP contribution in [-0.2, 0) is 13.1 Å².